The molecule has 3 fully saturated rings. The number of hydrogen-bond acceptors (Lipinski definition) is 2. The van der Waals surface area contributed by atoms with Gasteiger partial charge in [-0.15, -0.1) is 0 Å². The van der Waals surface area contributed by atoms with E-state index >= 15 is 0 Å². The van der Waals surface area contributed by atoms with Crippen molar-refractivity contribution in [3.8, 4) is 0 Å². The summed E-state index contributed by atoms with van der Waals surface area (Å²) in [5.74, 6) is 3.34. The van der Waals surface area contributed by atoms with Crippen molar-refractivity contribution in [2.45, 2.75) is 135 Å². The Kier molecular flexibility index (Phi) is 11.0. The summed E-state index contributed by atoms with van der Waals surface area (Å²) >= 11 is 0. The zero-order chi connectivity index (χ0) is 22.1. The molecule has 3 rings (SSSR count). The van der Waals surface area contributed by atoms with Gasteiger partial charge in [0.25, 0.3) is 0 Å². The Labute approximate surface area is 190 Å². The predicted molar refractivity (Wildman–Crippen MR) is 124 cm³/mol. The first-order valence-corrected chi connectivity index (χ1v) is 13.6. The van der Waals surface area contributed by atoms with Crippen LogP contribution in [0.2, 0.25) is 0 Å². The van der Waals surface area contributed by atoms with Crippen LogP contribution in [0.4, 0.5) is 8.78 Å². The minimum atomic E-state index is -1.54. The first-order chi connectivity index (χ1) is 15.1. The number of ether oxygens (including phenoxy) is 2. The number of rotatable bonds is 11. The van der Waals surface area contributed by atoms with Crippen molar-refractivity contribution < 1.29 is 18.3 Å². The van der Waals surface area contributed by atoms with Gasteiger partial charge in [-0.1, -0.05) is 52.4 Å². The predicted octanol–water partition coefficient (Wildman–Crippen LogP) is 7.83. The second kappa shape index (κ2) is 13.5. The lowest BCUT2D eigenvalue weighted by Gasteiger charge is -2.39. The smallest absolute Gasteiger partial charge is 0.160 e. The van der Waals surface area contributed by atoms with E-state index in [1.807, 2.05) is 0 Å². The van der Waals surface area contributed by atoms with Gasteiger partial charge in [-0.2, -0.15) is 0 Å². The third-order valence-corrected chi connectivity index (χ3v) is 8.52. The third kappa shape index (κ3) is 7.66. The molecule has 0 aromatic heterocycles. The van der Waals surface area contributed by atoms with Gasteiger partial charge in [-0.3, -0.25) is 0 Å². The highest BCUT2D eigenvalue weighted by molar-refractivity contribution is 4.90. The van der Waals surface area contributed by atoms with Crippen LogP contribution in [0, 0.1) is 23.7 Å². The highest BCUT2D eigenvalue weighted by atomic mass is 19.2. The van der Waals surface area contributed by atoms with Crippen molar-refractivity contribution in [2.24, 2.45) is 23.7 Å². The molecule has 182 valence electrons. The highest BCUT2D eigenvalue weighted by Crippen LogP contribution is 2.42. The van der Waals surface area contributed by atoms with E-state index in [-0.39, 0.29) is 0 Å². The molecule has 3 aliphatic rings. The van der Waals surface area contributed by atoms with Crippen LogP contribution in [0.5, 0.6) is 0 Å². The van der Waals surface area contributed by atoms with Crippen molar-refractivity contribution in [1.82, 2.24) is 0 Å². The first kappa shape index (κ1) is 25.4. The molecule has 0 saturated heterocycles. The van der Waals surface area contributed by atoms with Crippen molar-refractivity contribution in [2.75, 3.05) is 13.2 Å². The van der Waals surface area contributed by atoms with E-state index in [2.05, 4.69) is 13.8 Å². The Morgan fingerprint density at radius 1 is 0.613 bits per heavy atom. The maximum absolute atomic E-state index is 14.6. The lowest BCUT2D eigenvalue weighted by Crippen LogP contribution is -2.47. The first-order valence-electron chi connectivity index (χ1n) is 13.6. The Bertz CT molecular complexity index is 472. The van der Waals surface area contributed by atoms with Crippen molar-refractivity contribution in [3.05, 3.63) is 0 Å². The van der Waals surface area contributed by atoms with Crippen LogP contribution in [0.15, 0.2) is 0 Å². The monoisotopic (exact) mass is 442 g/mol. The second-order valence-corrected chi connectivity index (χ2v) is 10.8. The maximum atomic E-state index is 14.6. The van der Waals surface area contributed by atoms with Crippen LogP contribution in [-0.2, 0) is 9.47 Å². The van der Waals surface area contributed by atoms with E-state index in [0.717, 1.165) is 37.0 Å². The largest absolute Gasteiger partial charge is 0.375 e. The maximum Gasteiger partial charge on any atom is 0.160 e. The fraction of sp³-hybridized carbons (Fsp3) is 1.00. The van der Waals surface area contributed by atoms with Crippen LogP contribution in [0.25, 0.3) is 0 Å². The molecule has 0 N–H and O–H groups in total. The Morgan fingerprint density at radius 2 is 1.16 bits per heavy atom. The van der Waals surface area contributed by atoms with Gasteiger partial charge in [0, 0.05) is 13.2 Å². The molecule has 0 heterocycles. The minimum Gasteiger partial charge on any atom is -0.375 e. The van der Waals surface area contributed by atoms with E-state index in [1.54, 1.807) is 0 Å². The van der Waals surface area contributed by atoms with Gasteiger partial charge in [-0.25, -0.2) is 8.78 Å². The van der Waals surface area contributed by atoms with Gasteiger partial charge in [0.15, 0.2) is 12.3 Å². The van der Waals surface area contributed by atoms with Gasteiger partial charge in [0.05, 0.1) is 12.2 Å². The molecule has 31 heavy (non-hydrogen) atoms. The standard InChI is InChI=1S/C27H48F2O2/c1-3-5-6-18-30-24-16-17-25(27(29)26(24)28)31-19-21-10-14-23(15-11-21)22-12-8-20(7-4-2)9-13-22/h20-27H,3-19H2,1-2H3. The molecular weight excluding hydrogens is 394 g/mol. The summed E-state index contributed by atoms with van der Waals surface area (Å²) < 4.78 is 40.7. The van der Waals surface area contributed by atoms with Gasteiger partial charge in [-0.05, 0) is 81.5 Å². The normalized spacial score (nSPS) is 39.5. The quantitative estimate of drug-likeness (QED) is 0.304. The molecule has 0 aliphatic heterocycles. The molecule has 0 radical (unpaired) electrons. The van der Waals surface area contributed by atoms with E-state index in [4.69, 9.17) is 9.47 Å². The van der Waals surface area contributed by atoms with Crippen LogP contribution in [0.3, 0.4) is 0 Å². The van der Waals surface area contributed by atoms with Crippen LogP contribution in [0.1, 0.15) is 110 Å². The van der Waals surface area contributed by atoms with Crippen LogP contribution in [-0.4, -0.2) is 37.8 Å². The Morgan fingerprint density at radius 3 is 1.71 bits per heavy atom. The molecule has 0 spiro atoms. The number of halogens is 2. The van der Waals surface area contributed by atoms with E-state index in [0.29, 0.717) is 32.0 Å². The summed E-state index contributed by atoms with van der Waals surface area (Å²) in [5.41, 5.74) is 0. The van der Waals surface area contributed by atoms with Gasteiger partial charge >= 0.3 is 0 Å². The minimum absolute atomic E-state index is 0.529. The molecule has 2 nitrogen and oxygen atoms in total. The molecule has 0 aromatic carbocycles. The third-order valence-electron chi connectivity index (χ3n) is 8.52. The molecule has 4 unspecified atom stereocenters. The number of hydrogen-bond donors (Lipinski definition) is 0. The van der Waals surface area contributed by atoms with Crippen LogP contribution < -0.4 is 0 Å². The van der Waals surface area contributed by atoms with E-state index < -0.39 is 24.6 Å². The number of unbranched alkanes of at least 4 members (excludes halogenated alkanes) is 2. The molecule has 0 aromatic rings. The summed E-state index contributed by atoms with van der Waals surface area (Å²) in [7, 11) is 0. The van der Waals surface area contributed by atoms with Crippen molar-refractivity contribution >= 4 is 0 Å². The molecule has 4 atom stereocenters. The summed E-state index contributed by atoms with van der Waals surface area (Å²) in [4.78, 5) is 0. The second-order valence-electron chi connectivity index (χ2n) is 10.8. The zero-order valence-corrected chi connectivity index (χ0v) is 20.2. The summed E-state index contributed by atoms with van der Waals surface area (Å²) in [5, 5.41) is 0. The highest BCUT2D eigenvalue weighted by Gasteiger charge is 2.42. The SMILES string of the molecule is CCCCCOC1CCC(OCC2CCC(C3CCC(CCC)CC3)CC2)C(F)C1F. The lowest BCUT2D eigenvalue weighted by atomic mass is 9.69. The Balaban J connectivity index is 1.31. The summed E-state index contributed by atoms with van der Waals surface area (Å²) in [6, 6.07) is 0. The van der Waals surface area contributed by atoms with Crippen LogP contribution >= 0.6 is 0 Å². The van der Waals surface area contributed by atoms with E-state index in [1.165, 1.54) is 64.2 Å². The summed E-state index contributed by atoms with van der Waals surface area (Å²) in [6.07, 6.45) is 13.5. The fourth-order valence-electron chi connectivity index (χ4n) is 6.44. The Hall–Kier alpha value is -0.220. The molecule has 0 amide bonds. The molecule has 3 saturated carbocycles. The average molecular weight is 443 g/mol. The molecule has 4 heteroatoms. The van der Waals surface area contributed by atoms with E-state index in [9.17, 15) is 8.78 Å². The summed E-state index contributed by atoms with van der Waals surface area (Å²) in [6.45, 7) is 5.59. The lowest BCUT2D eigenvalue weighted by molar-refractivity contribution is -0.124. The fourth-order valence-corrected chi connectivity index (χ4v) is 6.44. The van der Waals surface area contributed by atoms with Gasteiger partial charge in [0.1, 0.15) is 0 Å². The molecular formula is C27H48F2O2. The van der Waals surface area contributed by atoms with Gasteiger partial charge in [0.2, 0.25) is 0 Å². The van der Waals surface area contributed by atoms with Crippen molar-refractivity contribution in [1.29, 1.82) is 0 Å². The van der Waals surface area contributed by atoms with Gasteiger partial charge < -0.3 is 9.47 Å². The average Bonchev–Trinajstić information content (AvgIpc) is 2.80. The molecule has 3 aliphatic carbocycles. The number of alkyl halides is 2. The zero-order valence-electron chi connectivity index (χ0n) is 20.2. The molecule has 0 bridgehead atoms. The topological polar surface area (TPSA) is 18.5 Å². The van der Waals surface area contributed by atoms with Crippen molar-refractivity contribution in [3.63, 3.8) is 0 Å².